The number of ether oxygens (including phenoxy) is 1. The van der Waals surface area contributed by atoms with E-state index in [9.17, 15) is 9.90 Å². The van der Waals surface area contributed by atoms with Crippen LogP contribution in [-0.2, 0) is 9.53 Å². The van der Waals surface area contributed by atoms with Crippen LogP contribution in [0.2, 0.25) is 0 Å². The van der Waals surface area contributed by atoms with Gasteiger partial charge in [0.1, 0.15) is 6.10 Å². The van der Waals surface area contributed by atoms with Gasteiger partial charge in [0.15, 0.2) is 11.4 Å². The number of hydrogen-bond acceptors (Lipinski definition) is 3. The first-order valence-electron chi connectivity index (χ1n) is 5.36. The molecular formula is C12H20O3. The van der Waals surface area contributed by atoms with Crippen molar-refractivity contribution in [2.45, 2.75) is 45.8 Å². The number of hydrogen-bond donors (Lipinski definition) is 1. The van der Waals surface area contributed by atoms with Crippen LogP contribution in [0.5, 0.6) is 0 Å². The van der Waals surface area contributed by atoms with Crippen LogP contribution in [0, 0.1) is 5.41 Å². The lowest BCUT2D eigenvalue weighted by molar-refractivity contribution is -0.155. The Bertz CT molecular complexity index is 281. The first-order chi connectivity index (χ1) is 6.82. The Balaban J connectivity index is 3.00. The number of rotatable bonds is 3. The highest BCUT2D eigenvalue weighted by atomic mass is 16.5. The topological polar surface area (TPSA) is 46.5 Å². The maximum Gasteiger partial charge on any atom is 0.164 e. The van der Waals surface area contributed by atoms with Crippen molar-refractivity contribution in [1.82, 2.24) is 0 Å². The van der Waals surface area contributed by atoms with E-state index >= 15 is 0 Å². The summed E-state index contributed by atoms with van der Waals surface area (Å²) in [6.07, 6.45) is 3.71. The minimum Gasteiger partial charge on any atom is -0.379 e. The lowest BCUT2D eigenvalue weighted by Gasteiger charge is -2.41. The summed E-state index contributed by atoms with van der Waals surface area (Å²) in [5, 5.41) is 10.3. The Labute approximate surface area is 91.1 Å². The van der Waals surface area contributed by atoms with Gasteiger partial charge in [-0.1, -0.05) is 26.0 Å². The van der Waals surface area contributed by atoms with Gasteiger partial charge in [0, 0.05) is 6.61 Å². The largest absolute Gasteiger partial charge is 0.379 e. The van der Waals surface area contributed by atoms with Crippen molar-refractivity contribution in [2.75, 3.05) is 6.61 Å². The second-order valence-corrected chi connectivity index (χ2v) is 4.88. The third kappa shape index (κ3) is 2.47. The van der Waals surface area contributed by atoms with Gasteiger partial charge >= 0.3 is 0 Å². The molecule has 0 saturated heterocycles. The Morgan fingerprint density at radius 1 is 1.60 bits per heavy atom. The van der Waals surface area contributed by atoms with E-state index < -0.39 is 11.7 Å². The van der Waals surface area contributed by atoms with Crippen molar-refractivity contribution in [3.8, 4) is 0 Å². The Morgan fingerprint density at radius 2 is 2.20 bits per heavy atom. The van der Waals surface area contributed by atoms with Gasteiger partial charge in [-0.15, -0.1) is 0 Å². The Hall–Kier alpha value is -0.670. The summed E-state index contributed by atoms with van der Waals surface area (Å²) in [6, 6.07) is 0. The highest BCUT2D eigenvalue weighted by molar-refractivity contribution is 5.86. The first-order valence-corrected chi connectivity index (χ1v) is 5.36. The SMILES string of the molecule is CCOC1C=CC(C)(C)CC1(O)C(C)=O. The van der Waals surface area contributed by atoms with E-state index in [0.717, 1.165) is 0 Å². The summed E-state index contributed by atoms with van der Waals surface area (Å²) in [7, 11) is 0. The van der Waals surface area contributed by atoms with E-state index in [1.165, 1.54) is 6.92 Å². The third-order valence-electron chi connectivity index (χ3n) is 2.87. The molecule has 0 aromatic carbocycles. The average Bonchev–Trinajstić information content (AvgIpc) is 2.09. The van der Waals surface area contributed by atoms with E-state index in [1.54, 1.807) is 6.08 Å². The lowest BCUT2D eigenvalue weighted by atomic mass is 9.71. The normalized spacial score (nSPS) is 34.1. The first kappa shape index (κ1) is 12.4. The molecule has 0 amide bonds. The van der Waals surface area contributed by atoms with Gasteiger partial charge in [0.2, 0.25) is 0 Å². The Morgan fingerprint density at radius 3 is 2.67 bits per heavy atom. The van der Waals surface area contributed by atoms with Gasteiger partial charge in [-0.2, -0.15) is 0 Å². The predicted octanol–water partition coefficient (Wildman–Crippen LogP) is 1.70. The maximum atomic E-state index is 11.5. The van der Waals surface area contributed by atoms with Gasteiger partial charge < -0.3 is 9.84 Å². The molecule has 0 bridgehead atoms. The van der Waals surface area contributed by atoms with Gasteiger partial charge in [-0.25, -0.2) is 0 Å². The van der Waals surface area contributed by atoms with Crippen LogP contribution in [0.25, 0.3) is 0 Å². The van der Waals surface area contributed by atoms with E-state index in [4.69, 9.17) is 4.74 Å². The molecule has 0 aromatic rings. The summed E-state index contributed by atoms with van der Waals surface area (Å²) in [6.45, 7) is 7.76. The fourth-order valence-electron chi connectivity index (χ4n) is 2.06. The molecule has 0 heterocycles. The molecule has 0 spiro atoms. The molecule has 15 heavy (non-hydrogen) atoms. The average molecular weight is 212 g/mol. The second-order valence-electron chi connectivity index (χ2n) is 4.88. The van der Waals surface area contributed by atoms with Crippen LogP contribution in [0.1, 0.15) is 34.1 Å². The fraction of sp³-hybridized carbons (Fsp3) is 0.750. The predicted molar refractivity (Wildman–Crippen MR) is 58.6 cm³/mol. The molecule has 86 valence electrons. The molecule has 0 saturated carbocycles. The summed E-state index contributed by atoms with van der Waals surface area (Å²) >= 11 is 0. The molecule has 1 rings (SSSR count). The number of ketones is 1. The highest BCUT2D eigenvalue weighted by Crippen LogP contribution is 2.38. The van der Waals surface area contributed by atoms with E-state index in [0.29, 0.717) is 13.0 Å². The third-order valence-corrected chi connectivity index (χ3v) is 2.87. The van der Waals surface area contributed by atoms with Crippen LogP contribution >= 0.6 is 0 Å². The standard InChI is InChI=1S/C12H20O3/c1-5-15-10-6-7-11(3,4)8-12(10,14)9(2)13/h6-7,10,14H,5,8H2,1-4H3. The van der Waals surface area contributed by atoms with E-state index in [1.807, 2.05) is 26.8 Å². The zero-order chi connectivity index (χ0) is 11.7. The van der Waals surface area contributed by atoms with Crippen molar-refractivity contribution in [1.29, 1.82) is 0 Å². The molecule has 0 aliphatic heterocycles. The summed E-state index contributed by atoms with van der Waals surface area (Å²) < 4.78 is 5.40. The van der Waals surface area contributed by atoms with Crippen molar-refractivity contribution < 1.29 is 14.6 Å². The summed E-state index contributed by atoms with van der Waals surface area (Å²) in [5.74, 6) is -0.224. The Kier molecular flexibility index (Phi) is 3.36. The molecule has 3 heteroatoms. The van der Waals surface area contributed by atoms with Gasteiger partial charge in [0.25, 0.3) is 0 Å². The molecule has 2 unspecified atom stereocenters. The van der Waals surface area contributed by atoms with Gasteiger partial charge in [-0.3, -0.25) is 4.79 Å². The molecule has 0 fully saturated rings. The molecule has 3 nitrogen and oxygen atoms in total. The van der Waals surface area contributed by atoms with Crippen LogP contribution in [-0.4, -0.2) is 29.2 Å². The molecule has 2 atom stereocenters. The molecule has 0 aromatic heterocycles. The smallest absolute Gasteiger partial charge is 0.164 e. The maximum absolute atomic E-state index is 11.5. The second kappa shape index (κ2) is 4.06. The molecule has 1 N–H and O–H groups in total. The van der Waals surface area contributed by atoms with Crippen LogP contribution in [0.4, 0.5) is 0 Å². The van der Waals surface area contributed by atoms with Crippen molar-refractivity contribution in [2.24, 2.45) is 5.41 Å². The van der Waals surface area contributed by atoms with Gasteiger partial charge in [0.05, 0.1) is 0 Å². The summed E-state index contributed by atoms with van der Waals surface area (Å²) in [4.78, 5) is 11.5. The molecular weight excluding hydrogens is 192 g/mol. The number of carbonyl (C=O) groups is 1. The van der Waals surface area contributed by atoms with Crippen molar-refractivity contribution in [3.63, 3.8) is 0 Å². The number of carbonyl (C=O) groups excluding carboxylic acids is 1. The van der Waals surface area contributed by atoms with E-state index in [2.05, 4.69) is 0 Å². The molecule has 1 aliphatic carbocycles. The van der Waals surface area contributed by atoms with E-state index in [-0.39, 0.29) is 11.2 Å². The zero-order valence-corrected chi connectivity index (χ0v) is 9.91. The number of allylic oxidation sites excluding steroid dienone is 1. The summed E-state index contributed by atoms with van der Waals surface area (Å²) in [5.41, 5.74) is -1.53. The van der Waals surface area contributed by atoms with Crippen LogP contribution < -0.4 is 0 Å². The van der Waals surface area contributed by atoms with Crippen LogP contribution in [0.15, 0.2) is 12.2 Å². The zero-order valence-electron chi connectivity index (χ0n) is 9.91. The fourth-order valence-corrected chi connectivity index (χ4v) is 2.06. The lowest BCUT2D eigenvalue weighted by Crippen LogP contribution is -2.53. The molecule has 1 aliphatic rings. The van der Waals surface area contributed by atoms with Crippen molar-refractivity contribution >= 4 is 5.78 Å². The minimum absolute atomic E-state index is 0.159. The van der Waals surface area contributed by atoms with Gasteiger partial charge in [-0.05, 0) is 25.7 Å². The molecule has 0 radical (unpaired) electrons. The number of Topliss-reactive ketones (excluding diaryl/α,β-unsaturated/α-hetero) is 1. The quantitative estimate of drug-likeness (QED) is 0.724. The minimum atomic E-state index is -1.37. The van der Waals surface area contributed by atoms with Crippen LogP contribution in [0.3, 0.4) is 0 Å². The van der Waals surface area contributed by atoms with Crippen molar-refractivity contribution in [3.05, 3.63) is 12.2 Å². The number of aliphatic hydroxyl groups is 1. The highest BCUT2D eigenvalue weighted by Gasteiger charge is 2.46. The monoisotopic (exact) mass is 212 g/mol.